The quantitative estimate of drug-likeness (QED) is 0.314. The Morgan fingerprint density at radius 1 is 1.00 bits per heavy atom. The van der Waals surface area contributed by atoms with Crippen LogP contribution in [0.25, 0.3) is 0 Å². The van der Waals surface area contributed by atoms with Crippen molar-refractivity contribution in [1.29, 1.82) is 0 Å². The van der Waals surface area contributed by atoms with Crippen LogP contribution in [0.3, 0.4) is 0 Å². The van der Waals surface area contributed by atoms with Crippen LogP contribution >= 0.6 is 11.8 Å². The van der Waals surface area contributed by atoms with Crippen molar-refractivity contribution in [3.63, 3.8) is 0 Å². The molecule has 0 bridgehead atoms. The molecule has 1 aromatic rings. The summed E-state index contributed by atoms with van der Waals surface area (Å²) in [5.74, 6) is 0. The van der Waals surface area contributed by atoms with Gasteiger partial charge in [-0.1, -0.05) is 61.7 Å². The number of carbonyl (C=O) groups is 1. The van der Waals surface area contributed by atoms with E-state index in [0.717, 1.165) is 17.7 Å². The number of hydrogen-bond acceptors (Lipinski definition) is 2. The topological polar surface area (TPSA) is 17.1 Å². The highest BCUT2D eigenvalue weighted by Crippen LogP contribution is 2.21. The number of benzene rings is 1. The zero-order valence-electron chi connectivity index (χ0n) is 11.6. The summed E-state index contributed by atoms with van der Waals surface area (Å²) in [5.41, 5.74) is 0. The van der Waals surface area contributed by atoms with Crippen LogP contribution in [-0.2, 0) is 4.79 Å². The third-order valence-electron chi connectivity index (χ3n) is 3.01. The monoisotopic (exact) mass is 276 g/mol. The van der Waals surface area contributed by atoms with Crippen LogP contribution in [0.5, 0.6) is 0 Å². The maximum atomic E-state index is 11.7. The van der Waals surface area contributed by atoms with E-state index in [1.807, 2.05) is 36.4 Å². The van der Waals surface area contributed by atoms with E-state index in [9.17, 15) is 4.79 Å². The Morgan fingerprint density at radius 3 is 2.32 bits per heavy atom. The highest BCUT2D eigenvalue weighted by atomic mass is 32.2. The van der Waals surface area contributed by atoms with Gasteiger partial charge in [-0.3, -0.25) is 4.79 Å². The van der Waals surface area contributed by atoms with Crippen LogP contribution in [0.4, 0.5) is 0 Å². The zero-order chi connectivity index (χ0) is 13.8. The molecular formula is C17H24OS. The number of unbranched alkanes of at least 4 members (excludes halogenated alkanes) is 6. The van der Waals surface area contributed by atoms with Crippen molar-refractivity contribution in [2.45, 2.75) is 56.3 Å². The van der Waals surface area contributed by atoms with Crippen LogP contribution in [0.1, 0.15) is 51.4 Å². The molecule has 0 N–H and O–H groups in total. The fraction of sp³-hybridized carbons (Fsp3) is 0.471. The second-order valence-corrected chi connectivity index (χ2v) is 5.87. The first kappa shape index (κ1) is 16.0. The van der Waals surface area contributed by atoms with Gasteiger partial charge in [0.1, 0.15) is 0 Å². The second-order valence-electron chi connectivity index (χ2n) is 4.74. The van der Waals surface area contributed by atoms with Crippen LogP contribution in [0.15, 0.2) is 47.9 Å². The first-order valence-corrected chi connectivity index (χ1v) is 8.01. The predicted octanol–water partition coefficient (Wildman–Crippen LogP) is 5.61. The summed E-state index contributed by atoms with van der Waals surface area (Å²) in [5, 5.41) is 0.290. The number of carbonyl (C=O) groups excluding carboxylic acids is 1. The van der Waals surface area contributed by atoms with Crippen LogP contribution in [0, 0.1) is 0 Å². The molecule has 0 unspecified atom stereocenters. The molecule has 0 aliphatic carbocycles. The zero-order valence-corrected chi connectivity index (χ0v) is 12.5. The molecule has 1 nitrogen and oxygen atoms in total. The molecule has 0 aliphatic heterocycles. The Labute approximate surface area is 121 Å². The van der Waals surface area contributed by atoms with Crippen molar-refractivity contribution < 1.29 is 4.79 Å². The third-order valence-corrected chi connectivity index (χ3v) is 3.95. The third kappa shape index (κ3) is 8.66. The van der Waals surface area contributed by atoms with Crippen LogP contribution < -0.4 is 0 Å². The lowest BCUT2D eigenvalue weighted by Gasteiger charge is -2.02. The molecule has 0 aliphatic rings. The van der Waals surface area contributed by atoms with Gasteiger partial charge in [0, 0.05) is 11.3 Å². The summed E-state index contributed by atoms with van der Waals surface area (Å²) < 4.78 is 0. The van der Waals surface area contributed by atoms with Crippen molar-refractivity contribution in [2.24, 2.45) is 0 Å². The molecule has 1 rings (SSSR count). The van der Waals surface area contributed by atoms with E-state index in [1.165, 1.54) is 43.9 Å². The average molecular weight is 276 g/mol. The van der Waals surface area contributed by atoms with E-state index in [0.29, 0.717) is 6.42 Å². The van der Waals surface area contributed by atoms with Crippen molar-refractivity contribution in [3.8, 4) is 0 Å². The summed E-state index contributed by atoms with van der Waals surface area (Å²) in [6.07, 6.45) is 11.1. The maximum Gasteiger partial charge on any atom is 0.193 e. The molecule has 19 heavy (non-hydrogen) atoms. The van der Waals surface area contributed by atoms with Gasteiger partial charge in [-0.2, -0.15) is 0 Å². The van der Waals surface area contributed by atoms with Gasteiger partial charge in [0.15, 0.2) is 5.12 Å². The van der Waals surface area contributed by atoms with Crippen molar-refractivity contribution in [2.75, 3.05) is 0 Å². The number of allylic oxidation sites excluding steroid dienone is 1. The molecule has 0 saturated heterocycles. The lowest BCUT2D eigenvalue weighted by molar-refractivity contribution is -0.111. The minimum atomic E-state index is 0.290. The molecule has 2 heteroatoms. The number of thioether (sulfide) groups is 1. The lowest BCUT2D eigenvalue weighted by atomic mass is 10.1. The van der Waals surface area contributed by atoms with Crippen molar-refractivity contribution in [1.82, 2.24) is 0 Å². The fourth-order valence-corrected chi connectivity index (χ4v) is 2.74. The SMILES string of the molecule is C=CCCCCCCCCC(=O)Sc1ccccc1. The molecule has 0 saturated carbocycles. The Balaban J connectivity index is 1.97. The number of hydrogen-bond donors (Lipinski definition) is 0. The Bertz CT molecular complexity index is 359. The van der Waals surface area contributed by atoms with Crippen LogP contribution in [-0.4, -0.2) is 5.12 Å². The second kappa shape index (κ2) is 10.9. The van der Waals surface area contributed by atoms with E-state index in [1.54, 1.807) is 0 Å². The van der Waals surface area contributed by atoms with Gasteiger partial charge in [-0.25, -0.2) is 0 Å². The van der Waals surface area contributed by atoms with E-state index in [4.69, 9.17) is 0 Å². The van der Waals surface area contributed by atoms with Crippen molar-refractivity contribution >= 4 is 16.9 Å². The molecule has 0 aromatic heterocycles. The van der Waals surface area contributed by atoms with Gasteiger partial charge in [-0.15, -0.1) is 6.58 Å². The highest BCUT2D eigenvalue weighted by Gasteiger charge is 2.03. The lowest BCUT2D eigenvalue weighted by Crippen LogP contribution is -1.91. The van der Waals surface area contributed by atoms with Crippen molar-refractivity contribution in [3.05, 3.63) is 43.0 Å². The van der Waals surface area contributed by atoms with Gasteiger partial charge >= 0.3 is 0 Å². The molecule has 0 amide bonds. The molecule has 104 valence electrons. The molecule has 0 atom stereocenters. The summed E-state index contributed by atoms with van der Waals surface area (Å²) in [6.45, 7) is 3.72. The highest BCUT2D eigenvalue weighted by molar-refractivity contribution is 8.13. The molecular weight excluding hydrogens is 252 g/mol. The first-order valence-electron chi connectivity index (χ1n) is 7.19. The summed E-state index contributed by atoms with van der Waals surface area (Å²) in [6, 6.07) is 9.89. The van der Waals surface area contributed by atoms with Gasteiger partial charge in [0.2, 0.25) is 0 Å². The summed E-state index contributed by atoms with van der Waals surface area (Å²) in [4.78, 5) is 12.8. The largest absolute Gasteiger partial charge is 0.287 e. The Hall–Kier alpha value is -1.02. The minimum Gasteiger partial charge on any atom is -0.287 e. The number of rotatable bonds is 10. The fourth-order valence-electron chi connectivity index (χ4n) is 1.94. The summed E-state index contributed by atoms with van der Waals surface area (Å²) in [7, 11) is 0. The first-order chi connectivity index (χ1) is 9.33. The predicted molar refractivity (Wildman–Crippen MR) is 84.4 cm³/mol. The van der Waals surface area contributed by atoms with Gasteiger partial charge in [0.25, 0.3) is 0 Å². The Kier molecular flexibility index (Phi) is 9.17. The van der Waals surface area contributed by atoms with E-state index < -0.39 is 0 Å². The maximum absolute atomic E-state index is 11.7. The van der Waals surface area contributed by atoms with Gasteiger partial charge in [0.05, 0.1) is 0 Å². The smallest absolute Gasteiger partial charge is 0.193 e. The van der Waals surface area contributed by atoms with Gasteiger partial charge in [-0.05, 0) is 31.4 Å². The average Bonchev–Trinajstić information content (AvgIpc) is 2.43. The van der Waals surface area contributed by atoms with Gasteiger partial charge < -0.3 is 0 Å². The molecule has 0 fully saturated rings. The van der Waals surface area contributed by atoms with E-state index >= 15 is 0 Å². The van der Waals surface area contributed by atoms with E-state index in [-0.39, 0.29) is 5.12 Å². The molecule has 0 radical (unpaired) electrons. The normalized spacial score (nSPS) is 10.3. The van der Waals surface area contributed by atoms with E-state index in [2.05, 4.69) is 6.58 Å². The summed E-state index contributed by atoms with van der Waals surface area (Å²) >= 11 is 1.37. The minimum absolute atomic E-state index is 0.290. The standard InChI is InChI=1S/C17H24OS/c1-2-3-4-5-6-7-8-12-15-17(18)19-16-13-10-9-11-14-16/h2,9-11,13-14H,1,3-8,12,15H2. The molecule has 0 spiro atoms. The Morgan fingerprint density at radius 2 is 1.63 bits per heavy atom. The molecule has 1 aromatic carbocycles. The van der Waals surface area contributed by atoms with Crippen LogP contribution in [0.2, 0.25) is 0 Å². The molecule has 0 heterocycles.